The van der Waals surface area contributed by atoms with E-state index in [1.807, 2.05) is 67.8 Å². The molecule has 1 aromatic carbocycles. The van der Waals surface area contributed by atoms with Gasteiger partial charge in [0.2, 0.25) is 0 Å². The van der Waals surface area contributed by atoms with Gasteiger partial charge in [-0.1, -0.05) is 24.3 Å². The van der Waals surface area contributed by atoms with Gasteiger partial charge in [0.05, 0.1) is 32.5 Å². The Bertz CT molecular complexity index is 1350. The molecule has 0 spiro atoms. The van der Waals surface area contributed by atoms with E-state index in [0.717, 1.165) is 11.1 Å². The summed E-state index contributed by atoms with van der Waals surface area (Å²) in [5.41, 5.74) is 2.18. The Labute approximate surface area is 269 Å². The van der Waals surface area contributed by atoms with E-state index in [0.29, 0.717) is 26.4 Å². The van der Waals surface area contributed by atoms with E-state index >= 15 is 0 Å². The van der Waals surface area contributed by atoms with Crippen molar-refractivity contribution >= 4 is 7.81 Å². The smallest absolute Gasteiger partial charge is 0.373 e. The molecule has 0 amide bonds. The zero-order valence-corrected chi connectivity index (χ0v) is 26.0. The number of rotatable bonds is 12. The fourth-order valence-electron chi connectivity index (χ4n) is 3.67. The van der Waals surface area contributed by atoms with Gasteiger partial charge in [-0.05, 0) is 35.4 Å². The van der Waals surface area contributed by atoms with Gasteiger partial charge < -0.3 is 9.47 Å². The minimum atomic E-state index is -10.7. The zero-order valence-electron chi connectivity index (χ0n) is 23.6. The maximum atomic E-state index is 9.87. The molecule has 11 nitrogen and oxygen atoms in total. The van der Waals surface area contributed by atoms with Crippen molar-refractivity contribution in [2.45, 2.75) is 32.5 Å². The van der Waals surface area contributed by atoms with E-state index in [4.69, 9.17) is 14.7 Å². The van der Waals surface area contributed by atoms with Gasteiger partial charge in [-0.2, -0.15) is 25.7 Å². The van der Waals surface area contributed by atoms with Crippen LogP contribution in [0.25, 0.3) is 0 Å². The number of ether oxygens (including phenoxy) is 2. The summed E-state index contributed by atoms with van der Waals surface area (Å²) in [6.07, 6.45) is 14.4. The third-order valence-electron chi connectivity index (χ3n) is 5.42. The zero-order chi connectivity index (χ0) is 32.1. The molecular weight excluding hydrogens is 723 g/mol. The second kappa shape index (κ2) is 16.0. The molecule has 5 aromatic rings. The van der Waals surface area contributed by atoms with Gasteiger partial charge in [0.1, 0.15) is 0 Å². The van der Waals surface area contributed by atoms with Crippen LogP contribution in [0.4, 0.5) is 25.2 Å². The predicted octanol–water partition coefficient (Wildman–Crippen LogP) is 6.91. The van der Waals surface area contributed by atoms with Crippen LogP contribution in [-0.4, -0.2) is 52.3 Å². The summed E-state index contributed by atoms with van der Waals surface area (Å²) in [7, 11) is -10.7. The van der Waals surface area contributed by atoms with Crippen molar-refractivity contribution in [1.82, 2.24) is 39.1 Å². The molecule has 45 heavy (non-hydrogen) atoms. The monoisotopic (exact) mass is 751 g/mol. The molecule has 0 atom stereocenters. The van der Waals surface area contributed by atoms with Crippen molar-refractivity contribution in [1.29, 1.82) is 5.26 Å². The summed E-state index contributed by atoms with van der Waals surface area (Å²) in [5.74, 6) is 0. The topological polar surface area (TPSA) is 114 Å². The molecule has 0 bridgehead atoms. The summed E-state index contributed by atoms with van der Waals surface area (Å²) < 4.78 is 78.5. The van der Waals surface area contributed by atoms with E-state index in [1.165, 1.54) is 6.92 Å². The molecule has 19 heteroatoms. The number of nitrogens with zero attached hydrogens (tertiary/aromatic N) is 9. The van der Waals surface area contributed by atoms with Gasteiger partial charge in [-0.15, -0.1) is 0 Å². The molecule has 4 aromatic heterocycles. The molecule has 0 aliphatic carbocycles. The second-order valence-electron chi connectivity index (χ2n) is 8.93. The van der Waals surface area contributed by atoms with E-state index in [1.54, 1.807) is 30.9 Å². The average Bonchev–Trinajstić information content (AvgIpc) is 3.76. The Hall–Kier alpha value is -3.78. The Morgan fingerprint density at radius 3 is 1.09 bits per heavy atom. The third kappa shape index (κ3) is 15.2. The molecule has 0 radical (unpaired) electrons. The van der Waals surface area contributed by atoms with Crippen molar-refractivity contribution in [3.8, 4) is 6.07 Å². The first-order valence-corrected chi connectivity index (χ1v) is 14.8. The van der Waals surface area contributed by atoms with Crippen LogP contribution in [0.1, 0.15) is 30.4 Å². The number of halogens is 6. The number of nitriles is 1. The molecule has 0 saturated carbocycles. The largest absolute Gasteiger partial charge is 1.00 e. The quantitative estimate of drug-likeness (QED) is 0.0774. The first kappa shape index (κ1) is 37.4. The fourth-order valence-corrected chi connectivity index (χ4v) is 3.67. The molecule has 4 heterocycles. The minimum absolute atomic E-state index is 0. The molecule has 0 unspecified atom stereocenters. The van der Waals surface area contributed by atoms with Crippen LogP contribution < -0.4 is 0 Å². The molecule has 248 valence electrons. The summed E-state index contributed by atoms with van der Waals surface area (Å²) in [6, 6.07) is 17.6. The molecule has 5 rings (SSSR count). The van der Waals surface area contributed by atoms with Gasteiger partial charge in [0.15, 0.2) is 12.3 Å². The Morgan fingerprint density at radius 1 is 0.644 bits per heavy atom. The predicted molar refractivity (Wildman–Crippen MR) is 148 cm³/mol. The summed E-state index contributed by atoms with van der Waals surface area (Å²) in [4.78, 5) is 0. The van der Waals surface area contributed by atoms with Crippen molar-refractivity contribution in [3.05, 3.63) is 109 Å². The summed E-state index contributed by atoms with van der Waals surface area (Å²) in [6.45, 7) is 3.34. The van der Waals surface area contributed by atoms with Crippen molar-refractivity contribution in [3.63, 3.8) is 0 Å². The second-order valence-corrected chi connectivity index (χ2v) is 10.9. The van der Waals surface area contributed by atoms with E-state index in [9.17, 15) is 25.2 Å². The summed E-state index contributed by atoms with van der Waals surface area (Å²) >= 11 is 0. The van der Waals surface area contributed by atoms with Crippen LogP contribution >= 0.6 is 7.81 Å². The number of hydrogen-bond donors (Lipinski definition) is 0. The third-order valence-corrected chi connectivity index (χ3v) is 5.42. The van der Waals surface area contributed by atoms with Crippen LogP contribution in [0.5, 0.6) is 0 Å². The molecule has 0 aliphatic heterocycles. The maximum Gasteiger partial charge on any atom is 1.00 e. The Kier molecular flexibility index (Phi) is 13.3. The van der Waals surface area contributed by atoms with Crippen LogP contribution in [0.15, 0.2) is 98.1 Å². The Morgan fingerprint density at radius 2 is 0.889 bits per heavy atom. The SMILES string of the molecule is CC#N.F[P-](F)(F)(F)(F)F.[Ag+].c1cnn(C(COCc2ccc(COCC(n3cccn3)n3cccn3)cc2)n2cccn2)c1. The molecule has 0 saturated heterocycles. The van der Waals surface area contributed by atoms with Gasteiger partial charge in [-0.3, -0.25) is 0 Å². The standard InChI is InChI=1S/C24H26N8O2.C2H3N.Ag.F6P/c1-9-25-29(13-1)23(30-14-2-10-26-30)19-33-17-21-5-7-22(8-6-21)18-34-20-24(31-15-3-11-27-31)32-16-4-12-28-32;1-2-3;;1-7(2,3,4,5)6/h1-16,23-24H,17-20H2;1H3;;/q;;+1;-1. The van der Waals surface area contributed by atoms with Crippen molar-refractivity contribution in [2.75, 3.05) is 13.2 Å². The Balaban J connectivity index is 0.000000561. The van der Waals surface area contributed by atoms with Gasteiger partial charge in [0.25, 0.3) is 0 Å². The van der Waals surface area contributed by atoms with Gasteiger partial charge in [-0.25, -0.2) is 18.7 Å². The molecule has 0 fully saturated rings. The van der Waals surface area contributed by atoms with Gasteiger partial charge >= 0.3 is 55.4 Å². The number of aromatic nitrogens is 8. The molecule has 0 N–H and O–H groups in total. The maximum absolute atomic E-state index is 10.7. The fraction of sp³-hybridized carbons (Fsp3) is 0.269. The van der Waals surface area contributed by atoms with Crippen LogP contribution in [-0.2, 0) is 45.1 Å². The van der Waals surface area contributed by atoms with E-state index in [2.05, 4.69) is 44.7 Å². The molecule has 0 aliphatic rings. The average molecular weight is 752 g/mol. The first-order chi connectivity index (χ1) is 20.7. The van der Waals surface area contributed by atoms with E-state index < -0.39 is 7.81 Å². The summed E-state index contributed by atoms with van der Waals surface area (Å²) in [5, 5.41) is 24.7. The van der Waals surface area contributed by atoms with Crippen LogP contribution in [0, 0.1) is 11.3 Å². The molecular formula is C26H29AgF6N9O2P. The normalized spacial score (nSPS) is 12.5. The van der Waals surface area contributed by atoms with E-state index in [-0.39, 0.29) is 34.7 Å². The number of hydrogen-bond acceptors (Lipinski definition) is 7. The van der Waals surface area contributed by atoms with Gasteiger partial charge in [0, 0.05) is 56.5 Å². The minimum Gasteiger partial charge on any atom is -0.373 e. The van der Waals surface area contributed by atoms with Crippen molar-refractivity contribution in [2.24, 2.45) is 0 Å². The first-order valence-electron chi connectivity index (χ1n) is 12.8. The van der Waals surface area contributed by atoms with Crippen molar-refractivity contribution < 1.29 is 57.0 Å². The number of benzene rings is 1. The van der Waals surface area contributed by atoms with Crippen LogP contribution in [0.3, 0.4) is 0 Å². The van der Waals surface area contributed by atoms with Crippen LogP contribution in [0.2, 0.25) is 0 Å².